The molecule has 27 heavy (non-hydrogen) atoms. The van der Waals surface area contributed by atoms with Gasteiger partial charge in [0.15, 0.2) is 0 Å². The number of carbonyl (C=O) groups excluding carboxylic acids is 3. The van der Waals surface area contributed by atoms with Gasteiger partial charge in [-0.05, 0) is 61.6 Å². The first kappa shape index (κ1) is 18.8. The summed E-state index contributed by atoms with van der Waals surface area (Å²) >= 11 is 0. The summed E-state index contributed by atoms with van der Waals surface area (Å²) in [5.41, 5.74) is 3.19. The van der Waals surface area contributed by atoms with E-state index in [1.165, 1.54) is 23.1 Å². The molecule has 0 N–H and O–H groups in total. The molecule has 0 fully saturated rings. The number of rotatable bonds is 5. The number of fused-ring (bicyclic) bond motifs is 1. The van der Waals surface area contributed by atoms with Crippen LogP contribution in [0.4, 0.5) is 5.69 Å². The Balaban J connectivity index is 1.88. The van der Waals surface area contributed by atoms with Gasteiger partial charge in [0.2, 0.25) is 0 Å². The van der Waals surface area contributed by atoms with E-state index in [9.17, 15) is 14.4 Å². The topological polar surface area (TPSA) is 63.7 Å². The van der Waals surface area contributed by atoms with Crippen LogP contribution in [0.3, 0.4) is 0 Å². The number of esters is 1. The van der Waals surface area contributed by atoms with E-state index in [0.29, 0.717) is 23.8 Å². The predicted molar refractivity (Wildman–Crippen MR) is 103 cm³/mol. The molecular formula is C22H23NO4. The summed E-state index contributed by atoms with van der Waals surface area (Å²) in [6.07, 6.45) is 0.772. The Morgan fingerprint density at radius 2 is 1.70 bits per heavy atom. The van der Waals surface area contributed by atoms with E-state index in [2.05, 4.69) is 13.8 Å². The number of benzene rings is 2. The maximum absolute atomic E-state index is 12.9. The first-order chi connectivity index (χ1) is 12.8. The molecule has 0 bridgehead atoms. The first-order valence-electron chi connectivity index (χ1n) is 9.07. The van der Waals surface area contributed by atoms with Gasteiger partial charge in [-0.15, -0.1) is 0 Å². The van der Waals surface area contributed by atoms with Crippen LogP contribution in [-0.2, 0) is 4.74 Å². The average Bonchev–Trinajstić information content (AvgIpc) is 2.87. The van der Waals surface area contributed by atoms with Crippen molar-refractivity contribution in [1.29, 1.82) is 0 Å². The maximum Gasteiger partial charge on any atom is 0.338 e. The van der Waals surface area contributed by atoms with Crippen molar-refractivity contribution in [2.45, 2.75) is 34.1 Å². The van der Waals surface area contributed by atoms with Gasteiger partial charge in [0.05, 0.1) is 29.0 Å². The van der Waals surface area contributed by atoms with Crippen LogP contribution in [0.25, 0.3) is 0 Å². The summed E-state index contributed by atoms with van der Waals surface area (Å²) in [7, 11) is 0. The van der Waals surface area contributed by atoms with Crippen LogP contribution in [0.1, 0.15) is 62.5 Å². The van der Waals surface area contributed by atoms with Crippen LogP contribution >= 0.6 is 0 Å². The third kappa shape index (κ3) is 3.63. The van der Waals surface area contributed by atoms with Gasteiger partial charge in [0.25, 0.3) is 11.8 Å². The highest BCUT2D eigenvalue weighted by Crippen LogP contribution is 2.31. The van der Waals surface area contributed by atoms with Gasteiger partial charge >= 0.3 is 5.97 Å². The average molecular weight is 365 g/mol. The van der Waals surface area contributed by atoms with E-state index in [1.807, 2.05) is 32.0 Å². The number of amides is 2. The van der Waals surface area contributed by atoms with E-state index in [1.54, 1.807) is 0 Å². The fourth-order valence-electron chi connectivity index (χ4n) is 3.02. The van der Waals surface area contributed by atoms with Gasteiger partial charge in [-0.25, -0.2) is 9.69 Å². The molecule has 0 radical (unpaired) electrons. The van der Waals surface area contributed by atoms with E-state index in [4.69, 9.17) is 4.74 Å². The molecule has 0 unspecified atom stereocenters. The summed E-state index contributed by atoms with van der Waals surface area (Å²) in [6, 6.07) is 10.2. The zero-order valence-corrected chi connectivity index (χ0v) is 16.0. The third-order valence-electron chi connectivity index (χ3n) is 4.66. The van der Waals surface area contributed by atoms with Crippen molar-refractivity contribution >= 4 is 23.5 Å². The highest BCUT2D eigenvalue weighted by molar-refractivity contribution is 6.35. The molecule has 0 saturated carbocycles. The second-order valence-electron chi connectivity index (χ2n) is 7.31. The van der Waals surface area contributed by atoms with Gasteiger partial charge in [-0.3, -0.25) is 9.59 Å². The first-order valence-corrected chi connectivity index (χ1v) is 9.07. The van der Waals surface area contributed by atoms with Crippen molar-refractivity contribution in [2.75, 3.05) is 11.5 Å². The molecule has 2 amide bonds. The Kier molecular flexibility index (Phi) is 5.13. The van der Waals surface area contributed by atoms with Crippen molar-refractivity contribution < 1.29 is 19.1 Å². The van der Waals surface area contributed by atoms with E-state index in [-0.39, 0.29) is 17.0 Å². The minimum absolute atomic E-state index is 0.235. The Morgan fingerprint density at radius 1 is 1.00 bits per heavy atom. The summed E-state index contributed by atoms with van der Waals surface area (Å²) in [4.78, 5) is 39.1. The summed E-state index contributed by atoms with van der Waals surface area (Å²) < 4.78 is 5.26. The third-order valence-corrected chi connectivity index (χ3v) is 4.66. The molecule has 0 aromatic heterocycles. The normalized spacial score (nSPS) is 13.3. The smallest absolute Gasteiger partial charge is 0.338 e. The molecule has 0 saturated heterocycles. The molecule has 5 nitrogen and oxygen atoms in total. The number of hydrogen-bond acceptors (Lipinski definition) is 4. The molecule has 2 aromatic carbocycles. The van der Waals surface area contributed by atoms with E-state index < -0.39 is 11.9 Å². The number of nitrogens with zero attached hydrogens (tertiary/aromatic N) is 1. The van der Waals surface area contributed by atoms with Crippen LogP contribution in [0, 0.1) is 19.8 Å². The van der Waals surface area contributed by atoms with Gasteiger partial charge in [-0.1, -0.05) is 26.0 Å². The van der Waals surface area contributed by atoms with Crippen LogP contribution in [0.2, 0.25) is 0 Å². The zero-order chi connectivity index (χ0) is 19.7. The molecule has 2 aromatic rings. The lowest BCUT2D eigenvalue weighted by Gasteiger charge is -2.17. The molecule has 3 rings (SSSR count). The number of aryl methyl sites for hydroxylation is 2. The molecule has 0 aliphatic carbocycles. The predicted octanol–water partition coefficient (Wildman–Crippen LogP) is 4.31. The lowest BCUT2D eigenvalue weighted by Crippen LogP contribution is -2.30. The lowest BCUT2D eigenvalue weighted by molar-refractivity contribution is 0.0488. The van der Waals surface area contributed by atoms with Gasteiger partial charge in [0, 0.05) is 0 Å². The SMILES string of the molecule is Cc1ccc(C)c(N2C(=O)c3ccc(C(=O)OCCC(C)C)cc3C2=O)c1. The monoisotopic (exact) mass is 365 g/mol. The van der Waals surface area contributed by atoms with Gasteiger partial charge in [-0.2, -0.15) is 0 Å². The molecule has 5 heteroatoms. The van der Waals surface area contributed by atoms with Crippen molar-refractivity contribution in [3.05, 3.63) is 64.2 Å². The molecule has 1 heterocycles. The van der Waals surface area contributed by atoms with Gasteiger partial charge in [0.1, 0.15) is 0 Å². The Hall–Kier alpha value is -2.95. The molecule has 0 spiro atoms. The summed E-state index contributed by atoms with van der Waals surface area (Å²) in [6.45, 7) is 8.20. The highest BCUT2D eigenvalue weighted by atomic mass is 16.5. The molecule has 1 aliphatic rings. The Bertz CT molecular complexity index is 930. The number of anilines is 1. The highest BCUT2D eigenvalue weighted by Gasteiger charge is 2.37. The van der Waals surface area contributed by atoms with E-state index in [0.717, 1.165) is 17.5 Å². The largest absolute Gasteiger partial charge is 0.462 e. The maximum atomic E-state index is 12.9. The van der Waals surface area contributed by atoms with Crippen LogP contribution < -0.4 is 4.90 Å². The van der Waals surface area contributed by atoms with Crippen LogP contribution in [-0.4, -0.2) is 24.4 Å². The summed E-state index contributed by atoms with van der Waals surface area (Å²) in [5, 5.41) is 0. The number of hydrogen-bond donors (Lipinski definition) is 0. The fourth-order valence-corrected chi connectivity index (χ4v) is 3.02. The molecule has 140 valence electrons. The standard InChI is InChI=1S/C22H23NO4/c1-13(2)9-10-27-22(26)16-7-8-17-18(12-16)21(25)23(20(17)24)19-11-14(3)5-6-15(19)4/h5-8,11-13H,9-10H2,1-4H3. The molecule has 1 aliphatic heterocycles. The van der Waals surface area contributed by atoms with Crippen molar-refractivity contribution in [3.63, 3.8) is 0 Å². The van der Waals surface area contributed by atoms with Crippen molar-refractivity contribution in [1.82, 2.24) is 0 Å². The zero-order valence-electron chi connectivity index (χ0n) is 16.0. The lowest BCUT2D eigenvalue weighted by atomic mass is 10.1. The minimum atomic E-state index is -0.483. The minimum Gasteiger partial charge on any atom is -0.462 e. The number of carbonyl (C=O) groups is 3. The Labute approximate surface area is 158 Å². The number of imide groups is 1. The fraction of sp³-hybridized carbons (Fsp3) is 0.318. The Morgan fingerprint density at radius 3 is 2.41 bits per heavy atom. The van der Waals surface area contributed by atoms with Crippen molar-refractivity contribution in [2.24, 2.45) is 5.92 Å². The van der Waals surface area contributed by atoms with Gasteiger partial charge < -0.3 is 4.74 Å². The van der Waals surface area contributed by atoms with Crippen LogP contribution in [0.5, 0.6) is 0 Å². The van der Waals surface area contributed by atoms with Crippen LogP contribution in [0.15, 0.2) is 36.4 Å². The number of ether oxygens (including phenoxy) is 1. The van der Waals surface area contributed by atoms with Crippen molar-refractivity contribution in [3.8, 4) is 0 Å². The molecular weight excluding hydrogens is 342 g/mol. The summed E-state index contributed by atoms with van der Waals surface area (Å²) in [5.74, 6) is -0.837. The quantitative estimate of drug-likeness (QED) is 0.585. The second kappa shape index (κ2) is 7.35. The second-order valence-corrected chi connectivity index (χ2v) is 7.31. The van der Waals surface area contributed by atoms with E-state index >= 15 is 0 Å². The molecule has 0 atom stereocenters.